The summed E-state index contributed by atoms with van der Waals surface area (Å²) >= 11 is 6.17. The van der Waals surface area contributed by atoms with Gasteiger partial charge in [-0.05, 0) is 12.1 Å². The fraction of sp³-hybridized carbons (Fsp3) is 0.462. The number of methoxy groups -OCH3 is 1. The molecule has 0 bridgehead atoms. The van der Waals surface area contributed by atoms with Crippen molar-refractivity contribution in [1.29, 1.82) is 0 Å². The Balaban J connectivity index is 2.10. The van der Waals surface area contributed by atoms with Gasteiger partial charge in [0.25, 0.3) is 0 Å². The highest BCUT2D eigenvalue weighted by atomic mass is 35.5. The Labute approximate surface area is 116 Å². The van der Waals surface area contributed by atoms with Crippen LogP contribution in [0.2, 0.25) is 5.02 Å². The molecule has 0 saturated carbocycles. The van der Waals surface area contributed by atoms with Gasteiger partial charge in [0, 0.05) is 30.2 Å². The van der Waals surface area contributed by atoms with E-state index < -0.39 is 12.1 Å². The van der Waals surface area contributed by atoms with Gasteiger partial charge >= 0.3 is 5.97 Å². The second kappa shape index (κ2) is 6.23. The number of nitrogens with zero attached hydrogens (tertiary/aromatic N) is 1. The molecular formula is C13H16ClNO4. The maximum absolute atomic E-state index is 10.9. The molecule has 1 N–H and O–H groups in total. The number of morpholine rings is 1. The third-order valence-electron chi connectivity index (χ3n) is 3.10. The van der Waals surface area contributed by atoms with E-state index in [4.69, 9.17) is 26.2 Å². The number of halogens is 1. The molecule has 1 aromatic carbocycles. The smallest absolute Gasteiger partial charge is 0.334 e. The Morgan fingerprint density at radius 2 is 2.42 bits per heavy atom. The molecule has 5 nitrogen and oxygen atoms in total. The van der Waals surface area contributed by atoms with E-state index in [2.05, 4.69) is 0 Å². The fourth-order valence-corrected chi connectivity index (χ4v) is 2.33. The van der Waals surface area contributed by atoms with Crippen LogP contribution in [0.5, 0.6) is 5.75 Å². The van der Waals surface area contributed by atoms with Crippen LogP contribution < -0.4 is 4.74 Å². The molecule has 0 amide bonds. The Bertz CT molecular complexity index is 466. The van der Waals surface area contributed by atoms with Gasteiger partial charge in [-0.3, -0.25) is 4.90 Å². The standard InChI is InChI=1S/C13H16ClNO4/c1-18-11-4-2-3-10(14)9(11)7-15-5-6-19-12(8-15)13(16)17/h2-4,12H,5-8H2,1H3,(H,16,17). The van der Waals surface area contributed by atoms with Gasteiger partial charge in [0.1, 0.15) is 5.75 Å². The number of hydrogen-bond donors (Lipinski definition) is 1. The van der Waals surface area contributed by atoms with Gasteiger partial charge in [0.2, 0.25) is 0 Å². The van der Waals surface area contributed by atoms with Crippen LogP contribution in [0.15, 0.2) is 18.2 Å². The molecular weight excluding hydrogens is 270 g/mol. The van der Waals surface area contributed by atoms with Gasteiger partial charge < -0.3 is 14.6 Å². The number of rotatable bonds is 4. The van der Waals surface area contributed by atoms with Crippen LogP contribution >= 0.6 is 11.6 Å². The van der Waals surface area contributed by atoms with Crippen molar-refractivity contribution >= 4 is 17.6 Å². The summed E-state index contributed by atoms with van der Waals surface area (Å²) in [7, 11) is 1.59. The van der Waals surface area contributed by atoms with E-state index in [0.717, 1.165) is 5.56 Å². The topological polar surface area (TPSA) is 59.0 Å². The number of carboxylic acid groups (broad SMARTS) is 1. The Morgan fingerprint density at radius 1 is 1.63 bits per heavy atom. The number of aliphatic carboxylic acids is 1. The summed E-state index contributed by atoms with van der Waals surface area (Å²) in [4.78, 5) is 12.9. The average Bonchev–Trinajstić information content (AvgIpc) is 2.41. The first kappa shape index (κ1) is 14.1. The molecule has 1 aliphatic heterocycles. The van der Waals surface area contributed by atoms with E-state index in [0.29, 0.717) is 37.0 Å². The van der Waals surface area contributed by atoms with Crippen LogP contribution in [-0.2, 0) is 16.1 Å². The lowest BCUT2D eigenvalue weighted by Crippen LogP contribution is -2.45. The van der Waals surface area contributed by atoms with Crippen LogP contribution in [0.3, 0.4) is 0 Å². The second-order valence-electron chi connectivity index (χ2n) is 4.35. The Morgan fingerprint density at radius 3 is 3.11 bits per heavy atom. The lowest BCUT2D eigenvalue weighted by molar-refractivity contribution is -0.156. The van der Waals surface area contributed by atoms with Crippen molar-refractivity contribution in [2.75, 3.05) is 26.8 Å². The second-order valence-corrected chi connectivity index (χ2v) is 4.76. The molecule has 0 spiro atoms. The minimum Gasteiger partial charge on any atom is -0.496 e. The zero-order chi connectivity index (χ0) is 13.8. The zero-order valence-corrected chi connectivity index (χ0v) is 11.4. The van der Waals surface area contributed by atoms with Crippen molar-refractivity contribution in [3.8, 4) is 5.75 Å². The van der Waals surface area contributed by atoms with Crippen molar-refractivity contribution in [1.82, 2.24) is 4.90 Å². The molecule has 0 aromatic heterocycles. The summed E-state index contributed by atoms with van der Waals surface area (Å²) in [6.07, 6.45) is -0.776. The van der Waals surface area contributed by atoms with Crippen LogP contribution in [-0.4, -0.2) is 48.9 Å². The van der Waals surface area contributed by atoms with Crippen LogP contribution in [0, 0.1) is 0 Å². The van der Waals surface area contributed by atoms with E-state index in [1.54, 1.807) is 13.2 Å². The lowest BCUT2D eigenvalue weighted by Gasteiger charge is -2.31. The van der Waals surface area contributed by atoms with Gasteiger partial charge in [0.05, 0.1) is 13.7 Å². The van der Waals surface area contributed by atoms with Crippen molar-refractivity contribution < 1.29 is 19.4 Å². The number of ether oxygens (including phenoxy) is 2. The molecule has 0 radical (unpaired) electrons. The summed E-state index contributed by atoms with van der Waals surface area (Å²) in [5, 5.41) is 9.60. The van der Waals surface area contributed by atoms with Crippen LogP contribution in [0.4, 0.5) is 0 Å². The molecule has 104 valence electrons. The molecule has 1 heterocycles. The monoisotopic (exact) mass is 285 g/mol. The zero-order valence-electron chi connectivity index (χ0n) is 10.6. The Hall–Kier alpha value is -1.30. The molecule has 1 aromatic rings. The predicted octanol–water partition coefficient (Wildman–Crippen LogP) is 1.63. The third kappa shape index (κ3) is 3.37. The number of hydrogen-bond acceptors (Lipinski definition) is 4. The van der Waals surface area contributed by atoms with E-state index in [-0.39, 0.29) is 0 Å². The first-order chi connectivity index (χ1) is 9.11. The van der Waals surface area contributed by atoms with Crippen molar-refractivity contribution in [3.05, 3.63) is 28.8 Å². The number of carboxylic acids is 1. The van der Waals surface area contributed by atoms with Crippen molar-refractivity contribution in [2.24, 2.45) is 0 Å². The fourth-order valence-electron chi connectivity index (χ4n) is 2.10. The van der Waals surface area contributed by atoms with E-state index in [9.17, 15) is 4.79 Å². The first-order valence-electron chi connectivity index (χ1n) is 6.00. The molecule has 1 unspecified atom stereocenters. The highest BCUT2D eigenvalue weighted by Gasteiger charge is 2.27. The number of benzene rings is 1. The van der Waals surface area contributed by atoms with E-state index >= 15 is 0 Å². The molecule has 1 fully saturated rings. The number of carbonyl (C=O) groups is 1. The molecule has 1 saturated heterocycles. The summed E-state index contributed by atoms with van der Waals surface area (Å²) in [6, 6.07) is 5.47. The van der Waals surface area contributed by atoms with Gasteiger partial charge in [-0.15, -0.1) is 0 Å². The molecule has 19 heavy (non-hydrogen) atoms. The minimum atomic E-state index is -0.934. The molecule has 6 heteroatoms. The van der Waals surface area contributed by atoms with Crippen LogP contribution in [0.1, 0.15) is 5.56 Å². The van der Waals surface area contributed by atoms with Crippen molar-refractivity contribution in [2.45, 2.75) is 12.6 Å². The first-order valence-corrected chi connectivity index (χ1v) is 6.37. The maximum atomic E-state index is 10.9. The van der Waals surface area contributed by atoms with Gasteiger partial charge in [0.15, 0.2) is 6.10 Å². The largest absolute Gasteiger partial charge is 0.496 e. The summed E-state index contributed by atoms with van der Waals surface area (Å²) in [5.74, 6) is -0.221. The molecule has 2 rings (SSSR count). The average molecular weight is 286 g/mol. The quantitative estimate of drug-likeness (QED) is 0.911. The van der Waals surface area contributed by atoms with Crippen LogP contribution in [0.25, 0.3) is 0 Å². The normalized spacial score (nSPS) is 20.2. The molecule has 1 atom stereocenters. The third-order valence-corrected chi connectivity index (χ3v) is 3.46. The van der Waals surface area contributed by atoms with Gasteiger partial charge in [-0.25, -0.2) is 4.79 Å². The van der Waals surface area contributed by atoms with Gasteiger partial charge in [-0.1, -0.05) is 17.7 Å². The molecule has 0 aliphatic carbocycles. The van der Waals surface area contributed by atoms with E-state index in [1.165, 1.54) is 0 Å². The Kier molecular flexibility index (Phi) is 4.63. The predicted molar refractivity (Wildman–Crippen MR) is 70.7 cm³/mol. The summed E-state index contributed by atoms with van der Waals surface area (Å²) < 4.78 is 10.5. The summed E-state index contributed by atoms with van der Waals surface area (Å²) in [5.41, 5.74) is 0.873. The maximum Gasteiger partial charge on any atom is 0.334 e. The SMILES string of the molecule is COc1cccc(Cl)c1CN1CCOC(C(=O)O)C1. The van der Waals surface area contributed by atoms with Crippen molar-refractivity contribution in [3.63, 3.8) is 0 Å². The van der Waals surface area contributed by atoms with E-state index in [1.807, 2.05) is 17.0 Å². The highest BCUT2D eigenvalue weighted by Crippen LogP contribution is 2.28. The highest BCUT2D eigenvalue weighted by molar-refractivity contribution is 6.31. The van der Waals surface area contributed by atoms with Gasteiger partial charge in [-0.2, -0.15) is 0 Å². The molecule has 1 aliphatic rings. The minimum absolute atomic E-state index is 0.351. The summed E-state index contributed by atoms with van der Waals surface area (Å²) in [6.45, 7) is 1.99. The lowest BCUT2D eigenvalue weighted by atomic mass is 10.1.